The lowest BCUT2D eigenvalue weighted by molar-refractivity contribution is -0.150. The number of nitrogens with two attached hydrogens (primary N) is 1. The van der Waals surface area contributed by atoms with Crippen LogP contribution in [0.4, 0.5) is 5.13 Å². The summed E-state index contributed by atoms with van der Waals surface area (Å²) in [7, 11) is 1.55. The SMILES string of the molecule is COc1ccc(-c2ccc(/C=N/NOC(=O)Cc3nnc(N)s3)o2)cc1Cl. The largest absolute Gasteiger partial charge is 0.495 e. The van der Waals surface area contributed by atoms with Gasteiger partial charge in [0.25, 0.3) is 0 Å². The number of ether oxygens (including phenoxy) is 1. The number of hydrazone groups is 1. The second kappa shape index (κ2) is 8.52. The van der Waals surface area contributed by atoms with Gasteiger partial charge in [0.1, 0.15) is 28.7 Å². The first kappa shape index (κ1) is 18.7. The molecule has 9 nitrogen and oxygen atoms in total. The van der Waals surface area contributed by atoms with Crippen molar-refractivity contribution in [2.75, 3.05) is 12.8 Å². The van der Waals surface area contributed by atoms with E-state index < -0.39 is 5.97 Å². The van der Waals surface area contributed by atoms with Gasteiger partial charge in [-0.15, -0.1) is 20.9 Å². The van der Waals surface area contributed by atoms with Gasteiger partial charge in [0.2, 0.25) is 5.13 Å². The van der Waals surface area contributed by atoms with Gasteiger partial charge in [0.05, 0.1) is 18.3 Å². The van der Waals surface area contributed by atoms with Gasteiger partial charge in [0, 0.05) is 5.56 Å². The summed E-state index contributed by atoms with van der Waals surface area (Å²) in [6.07, 6.45) is 1.31. The van der Waals surface area contributed by atoms with E-state index in [0.717, 1.165) is 16.9 Å². The Balaban J connectivity index is 1.53. The molecule has 0 amide bonds. The van der Waals surface area contributed by atoms with Gasteiger partial charge in [-0.25, -0.2) is 4.79 Å². The Morgan fingerprint density at radius 1 is 1.41 bits per heavy atom. The van der Waals surface area contributed by atoms with Crippen molar-refractivity contribution < 1.29 is 18.8 Å². The van der Waals surface area contributed by atoms with E-state index in [1.54, 1.807) is 31.4 Å². The number of nitrogens with zero attached hydrogens (tertiary/aromatic N) is 3. The smallest absolute Gasteiger partial charge is 0.341 e. The quantitative estimate of drug-likeness (QED) is 0.452. The molecule has 2 heterocycles. The van der Waals surface area contributed by atoms with Crippen LogP contribution in [-0.4, -0.2) is 29.5 Å². The summed E-state index contributed by atoms with van der Waals surface area (Å²) in [6.45, 7) is 0. The average Bonchev–Trinajstić information content (AvgIpc) is 3.28. The predicted molar refractivity (Wildman–Crippen MR) is 101 cm³/mol. The zero-order valence-corrected chi connectivity index (χ0v) is 15.6. The van der Waals surface area contributed by atoms with Gasteiger partial charge >= 0.3 is 5.97 Å². The number of furan rings is 1. The highest BCUT2D eigenvalue weighted by Crippen LogP contribution is 2.30. The second-order valence-corrected chi connectivity index (χ2v) is 6.59. The van der Waals surface area contributed by atoms with Crippen molar-refractivity contribution >= 4 is 40.3 Å². The molecule has 0 spiro atoms. The van der Waals surface area contributed by atoms with Crippen LogP contribution in [0.5, 0.6) is 5.75 Å². The highest BCUT2D eigenvalue weighted by atomic mass is 35.5. The minimum absolute atomic E-state index is 0.0550. The van der Waals surface area contributed by atoms with E-state index in [1.807, 2.05) is 6.07 Å². The molecule has 0 aliphatic rings. The Labute approximate surface area is 162 Å². The zero-order chi connectivity index (χ0) is 19.2. The lowest BCUT2D eigenvalue weighted by Crippen LogP contribution is -2.16. The van der Waals surface area contributed by atoms with Crippen LogP contribution in [0.25, 0.3) is 11.3 Å². The first-order chi connectivity index (χ1) is 13.0. The second-order valence-electron chi connectivity index (χ2n) is 5.09. The number of carbonyl (C=O) groups excluding carboxylic acids is 1. The van der Waals surface area contributed by atoms with Crippen LogP contribution in [0, 0.1) is 0 Å². The summed E-state index contributed by atoms with van der Waals surface area (Å²) < 4.78 is 10.8. The third-order valence-corrected chi connectivity index (χ3v) is 4.29. The monoisotopic (exact) mass is 407 g/mol. The van der Waals surface area contributed by atoms with Crippen LogP contribution in [-0.2, 0) is 16.1 Å². The van der Waals surface area contributed by atoms with E-state index in [4.69, 9.17) is 31.3 Å². The Morgan fingerprint density at radius 3 is 2.96 bits per heavy atom. The fourth-order valence-corrected chi connectivity index (χ4v) is 2.91. The van der Waals surface area contributed by atoms with Gasteiger partial charge in [-0.3, -0.25) is 0 Å². The van der Waals surface area contributed by atoms with Crippen molar-refractivity contribution in [3.8, 4) is 17.1 Å². The number of hydrogen-bond donors (Lipinski definition) is 2. The number of benzene rings is 1. The van der Waals surface area contributed by atoms with Gasteiger partial charge < -0.3 is 19.7 Å². The number of rotatable bonds is 7. The molecule has 11 heteroatoms. The lowest BCUT2D eigenvalue weighted by atomic mass is 10.2. The maximum Gasteiger partial charge on any atom is 0.341 e. The van der Waals surface area contributed by atoms with Gasteiger partial charge in [-0.05, 0) is 30.3 Å². The third-order valence-electron chi connectivity index (χ3n) is 3.25. The number of nitrogens with one attached hydrogen (secondary N) is 1. The van der Waals surface area contributed by atoms with E-state index in [9.17, 15) is 4.79 Å². The molecule has 3 aromatic rings. The maximum absolute atomic E-state index is 11.6. The summed E-state index contributed by atoms with van der Waals surface area (Å²) in [5.74, 6) is 1.07. The fourth-order valence-electron chi connectivity index (χ4n) is 2.06. The summed E-state index contributed by atoms with van der Waals surface area (Å²) >= 11 is 7.22. The average molecular weight is 408 g/mol. The highest BCUT2D eigenvalue weighted by Gasteiger charge is 2.10. The van der Waals surface area contributed by atoms with Crippen LogP contribution in [0.3, 0.4) is 0 Å². The molecule has 3 rings (SSSR count). The summed E-state index contributed by atoms with van der Waals surface area (Å²) in [5.41, 5.74) is 8.41. The molecule has 0 bridgehead atoms. The molecule has 0 unspecified atom stereocenters. The topological polar surface area (TPSA) is 125 Å². The Kier molecular flexibility index (Phi) is 5.89. The third kappa shape index (κ3) is 4.96. The maximum atomic E-state index is 11.6. The standard InChI is InChI=1S/C16H14ClN5O4S/c1-24-13-4-2-9(6-11(13)17)12-5-3-10(25-12)8-19-22-26-15(23)7-14-20-21-16(18)27-14/h2-6,8,22H,7H2,1H3,(H2,18,21)/b19-8+. The lowest BCUT2D eigenvalue weighted by Gasteiger charge is -2.04. The van der Waals surface area contributed by atoms with Crippen molar-refractivity contribution in [1.82, 2.24) is 15.8 Å². The molecule has 0 radical (unpaired) electrons. The van der Waals surface area contributed by atoms with E-state index >= 15 is 0 Å². The summed E-state index contributed by atoms with van der Waals surface area (Å²) in [6, 6.07) is 8.79. The number of methoxy groups -OCH3 is 1. The highest BCUT2D eigenvalue weighted by molar-refractivity contribution is 7.15. The van der Waals surface area contributed by atoms with Crippen molar-refractivity contribution in [3.05, 3.63) is 46.1 Å². The molecule has 140 valence electrons. The molecule has 0 atom stereocenters. The molecule has 27 heavy (non-hydrogen) atoms. The molecule has 0 fully saturated rings. The van der Waals surface area contributed by atoms with Crippen LogP contribution < -0.4 is 16.1 Å². The zero-order valence-electron chi connectivity index (χ0n) is 14.0. The van der Waals surface area contributed by atoms with Crippen molar-refractivity contribution in [2.24, 2.45) is 5.10 Å². The molecule has 1 aromatic carbocycles. The molecular weight excluding hydrogens is 394 g/mol. The fraction of sp³-hybridized carbons (Fsp3) is 0.125. The van der Waals surface area contributed by atoms with Crippen molar-refractivity contribution in [1.29, 1.82) is 0 Å². The number of hydrogen-bond acceptors (Lipinski definition) is 10. The summed E-state index contributed by atoms with van der Waals surface area (Å²) in [5, 5.41) is 12.3. The van der Waals surface area contributed by atoms with Crippen molar-refractivity contribution in [2.45, 2.75) is 6.42 Å². The van der Waals surface area contributed by atoms with Crippen LogP contribution in [0.2, 0.25) is 5.02 Å². The molecular formula is C16H14ClN5O4S. The summed E-state index contributed by atoms with van der Waals surface area (Å²) in [4.78, 5) is 16.3. The van der Waals surface area contributed by atoms with Crippen LogP contribution in [0.15, 0.2) is 39.9 Å². The molecule has 3 N–H and O–H groups in total. The molecule has 0 aliphatic heterocycles. The minimum Gasteiger partial charge on any atom is -0.495 e. The first-order valence-corrected chi connectivity index (χ1v) is 8.74. The number of aromatic nitrogens is 2. The Bertz CT molecular complexity index is 971. The van der Waals surface area contributed by atoms with E-state index in [0.29, 0.717) is 27.3 Å². The van der Waals surface area contributed by atoms with E-state index in [2.05, 4.69) is 20.9 Å². The number of halogens is 1. The Hall–Kier alpha value is -3.11. The van der Waals surface area contributed by atoms with E-state index in [-0.39, 0.29) is 11.6 Å². The van der Waals surface area contributed by atoms with Gasteiger partial charge in [-0.2, -0.15) is 0 Å². The molecule has 0 saturated heterocycles. The number of nitrogen functional groups attached to an aromatic ring is 1. The number of carbonyl (C=O) groups is 1. The Morgan fingerprint density at radius 2 is 2.26 bits per heavy atom. The number of anilines is 1. The van der Waals surface area contributed by atoms with Crippen LogP contribution >= 0.6 is 22.9 Å². The normalized spacial score (nSPS) is 10.9. The molecule has 2 aromatic heterocycles. The minimum atomic E-state index is -0.573. The molecule has 0 aliphatic carbocycles. The van der Waals surface area contributed by atoms with Crippen LogP contribution in [0.1, 0.15) is 10.8 Å². The predicted octanol–water partition coefficient (Wildman–Crippen LogP) is 2.67. The van der Waals surface area contributed by atoms with Crippen molar-refractivity contribution in [3.63, 3.8) is 0 Å². The molecule has 0 saturated carbocycles. The van der Waals surface area contributed by atoms with E-state index in [1.165, 1.54) is 6.21 Å². The van der Waals surface area contributed by atoms with Gasteiger partial charge in [0.15, 0.2) is 0 Å². The van der Waals surface area contributed by atoms with Gasteiger partial charge in [-0.1, -0.05) is 22.9 Å². The first-order valence-electron chi connectivity index (χ1n) is 7.54.